The summed E-state index contributed by atoms with van der Waals surface area (Å²) in [5.74, 6) is -0.0885. The highest BCUT2D eigenvalue weighted by molar-refractivity contribution is 7.90. The number of nitrogens with zero attached hydrogens (tertiary/aromatic N) is 1. The van der Waals surface area contributed by atoms with Gasteiger partial charge in [0.25, 0.3) is 10.0 Å². The summed E-state index contributed by atoms with van der Waals surface area (Å²) in [5.41, 5.74) is 2.74. The number of carbonyl (C=O) groups is 1. The average molecular weight is 454 g/mol. The summed E-state index contributed by atoms with van der Waals surface area (Å²) < 4.78 is 26.8. The van der Waals surface area contributed by atoms with Crippen molar-refractivity contribution in [3.63, 3.8) is 0 Å². The first-order valence-corrected chi connectivity index (χ1v) is 12.4. The van der Waals surface area contributed by atoms with E-state index in [1.807, 2.05) is 29.6 Å². The summed E-state index contributed by atoms with van der Waals surface area (Å²) in [6.45, 7) is 1.97. The van der Waals surface area contributed by atoms with E-state index in [9.17, 15) is 13.2 Å². The number of hydrogen-bond acceptors (Lipinski definition) is 5. The Labute approximate surface area is 186 Å². The van der Waals surface area contributed by atoms with Crippen molar-refractivity contribution in [2.75, 3.05) is 6.54 Å². The van der Waals surface area contributed by atoms with Crippen LogP contribution in [0, 0.1) is 0 Å². The highest BCUT2D eigenvalue weighted by atomic mass is 32.2. The standard InChI is InChI=1S/C23H23N3O3S2/c1-2-6-16-10-12-17(13-11-16)22(19-8-5-14-30-19)25-21(27)15-24-23-18-7-3-4-9-20(18)31(28,29)26-23/h3-5,7-14,22H,2,6,15H2,1H3,(H,24,26)(H,25,27)/t22-/m0/s1. The fraction of sp³-hybridized carbons (Fsp3) is 0.217. The molecule has 1 amide bonds. The molecule has 0 aliphatic carbocycles. The van der Waals surface area contributed by atoms with Crippen LogP contribution < -0.4 is 10.0 Å². The SMILES string of the molecule is CCCc1ccc([C@H](NC(=O)CN=C2NS(=O)(=O)c3ccccc32)c2cccs2)cc1. The molecule has 8 heteroatoms. The number of fused-ring (bicyclic) bond motifs is 1. The molecule has 0 saturated heterocycles. The van der Waals surface area contributed by atoms with Crippen LogP contribution in [0.3, 0.4) is 0 Å². The van der Waals surface area contributed by atoms with Crippen molar-refractivity contribution in [1.29, 1.82) is 0 Å². The summed E-state index contributed by atoms with van der Waals surface area (Å²) in [6, 6.07) is 18.5. The van der Waals surface area contributed by atoms with Gasteiger partial charge in [-0.1, -0.05) is 55.8 Å². The molecule has 2 N–H and O–H groups in total. The van der Waals surface area contributed by atoms with E-state index < -0.39 is 10.0 Å². The molecule has 2 aromatic carbocycles. The summed E-state index contributed by atoms with van der Waals surface area (Å²) >= 11 is 1.57. The number of amidine groups is 1. The van der Waals surface area contributed by atoms with Gasteiger partial charge in [0, 0.05) is 10.4 Å². The minimum absolute atomic E-state index is 0.179. The summed E-state index contributed by atoms with van der Waals surface area (Å²) in [7, 11) is -3.62. The van der Waals surface area contributed by atoms with Gasteiger partial charge in [0.1, 0.15) is 12.4 Å². The number of benzene rings is 2. The summed E-state index contributed by atoms with van der Waals surface area (Å²) in [4.78, 5) is 18.2. The Morgan fingerprint density at radius 1 is 1.10 bits per heavy atom. The lowest BCUT2D eigenvalue weighted by molar-refractivity contribution is -0.120. The molecule has 0 bridgehead atoms. The Morgan fingerprint density at radius 2 is 1.87 bits per heavy atom. The Bertz CT molecular complexity index is 1200. The van der Waals surface area contributed by atoms with E-state index >= 15 is 0 Å². The van der Waals surface area contributed by atoms with Crippen molar-refractivity contribution in [2.45, 2.75) is 30.7 Å². The highest BCUT2D eigenvalue weighted by Crippen LogP contribution is 2.27. The third-order valence-electron chi connectivity index (χ3n) is 5.03. The van der Waals surface area contributed by atoms with E-state index in [0.29, 0.717) is 5.56 Å². The third kappa shape index (κ3) is 4.70. The molecule has 3 aromatic rings. The number of amides is 1. The van der Waals surface area contributed by atoms with Gasteiger partial charge < -0.3 is 5.32 Å². The number of aliphatic imine (C=N–C) groups is 1. The van der Waals surface area contributed by atoms with Crippen molar-refractivity contribution in [1.82, 2.24) is 10.0 Å². The van der Waals surface area contributed by atoms with Gasteiger partial charge in [-0.2, -0.15) is 0 Å². The monoisotopic (exact) mass is 453 g/mol. The van der Waals surface area contributed by atoms with Gasteiger partial charge in [-0.05, 0) is 41.1 Å². The first kappa shape index (κ1) is 21.3. The molecule has 1 aliphatic heterocycles. The second-order valence-electron chi connectivity index (χ2n) is 7.27. The van der Waals surface area contributed by atoms with E-state index in [1.165, 1.54) is 11.6 Å². The zero-order valence-corrected chi connectivity index (χ0v) is 18.7. The minimum atomic E-state index is -3.62. The molecule has 1 atom stereocenters. The molecule has 31 heavy (non-hydrogen) atoms. The van der Waals surface area contributed by atoms with Crippen molar-refractivity contribution >= 4 is 33.1 Å². The van der Waals surface area contributed by atoms with Gasteiger partial charge in [-0.15, -0.1) is 11.3 Å². The van der Waals surface area contributed by atoms with E-state index in [1.54, 1.807) is 29.5 Å². The van der Waals surface area contributed by atoms with Gasteiger partial charge >= 0.3 is 0 Å². The van der Waals surface area contributed by atoms with Gasteiger partial charge in [-0.3, -0.25) is 14.5 Å². The smallest absolute Gasteiger partial charge is 0.263 e. The number of carbonyl (C=O) groups excluding carboxylic acids is 1. The predicted molar refractivity (Wildman–Crippen MR) is 123 cm³/mol. The molecule has 160 valence electrons. The second kappa shape index (κ2) is 9.03. The summed E-state index contributed by atoms with van der Waals surface area (Å²) in [5, 5.41) is 5.02. The second-order valence-corrected chi connectivity index (χ2v) is 9.90. The van der Waals surface area contributed by atoms with Gasteiger partial charge in [0.2, 0.25) is 5.91 Å². The first-order chi connectivity index (χ1) is 15.0. The van der Waals surface area contributed by atoms with Crippen molar-refractivity contribution in [2.24, 2.45) is 4.99 Å². The van der Waals surface area contributed by atoms with Gasteiger partial charge in [0.15, 0.2) is 0 Å². The zero-order valence-electron chi connectivity index (χ0n) is 17.0. The first-order valence-electron chi connectivity index (χ1n) is 10.1. The fourth-order valence-electron chi connectivity index (χ4n) is 3.55. The zero-order chi connectivity index (χ0) is 21.8. The van der Waals surface area contributed by atoms with Crippen LogP contribution in [0.5, 0.6) is 0 Å². The Kier molecular flexibility index (Phi) is 6.20. The molecule has 1 aromatic heterocycles. The maximum Gasteiger partial charge on any atom is 0.263 e. The molecule has 0 radical (unpaired) electrons. The molecular weight excluding hydrogens is 430 g/mol. The van der Waals surface area contributed by atoms with Crippen molar-refractivity contribution in [3.05, 3.63) is 87.6 Å². The number of nitrogens with one attached hydrogen (secondary N) is 2. The molecule has 0 unspecified atom stereocenters. The van der Waals surface area contributed by atoms with Crippen molar-refractivity contribution < 1.29 is 13.2 Å². The molecule has 6 nitrogen and oxygen atoms in total. The van der Waals surface area contributed by atoms with Crippen LogP contribution >= 0.6 is 11.3 Å². The van der Waals surface area contributed by atoms with Crippen LogP contribution in [0.1, 0.15) is 41.0 Å². The average Bonchev–Trinajstić information content (AvgIpc) is 3.38. The lowest BCUT2D eigenvalue weighted by Crippen LogP contribution is -2.31. The van der Waals surface area contributed by atoms with Crippen LogP contribution in [0.15, 0.2) is 75.9 Å². The van der Waals surface area contributed by atoms with E-state index in [4.69, 9.17) is 0 Å². The third-order valence-corrected chi connectivity index (χ3v) is 7.36. The largest absolute Gasteiger partial charge is 0.343 e. The number of rotatable bonds is 7. The van der Waals surface area contributed by atoms with E-state index in [0.717, 1.165) is 23.3 Å². The number of aryl methyl sites for hydroxylation is 1. The molecule has 0 saturated carbocycles. The van der Waals surface area contributed by atoms with Gasteiger partial charge in [0.05, 0.1) is 10.9 Å². The maximum atomic E-state index is 12.7. The van der Waals surface area contributed by atoms with Crippen LogP contribution in [-0.2, 0) is 21.2 Å². The lowest BCUT2D eigenvalue weighted by Gasteiger charge is -2.18. The van der Waals surface area contributed by atoms with E-state index in [-0.39, 0.29) is 29.2 Å². The Morgan fingerprint density at radius 3 is 2.58 bits per heavy atom. The van der Waals surface area contributed by atoms with Crippen LogP contribution in [-0.4, -0.2) is 26.7 Å². The lowest BCUT2D eigenvalue weighted by atomic mass is 10.0. The Balaban J connectivity index is 1.52. The molecule has 2 heterocycles. The number of hydrogen-bond donors (Lipinski definition) is 2. The summed E-state index contributed by atoms with van der Waals surface area (Å²) in [6.07, 6.45) is 2.10. The fourth-order valence-corrected chi connectivity index (χ4v) is 5.60. The van der Waals surface area contributed by atoms with Crippen LogP contribution in [0.25, 0.3) is 0 Å². The topological polar surface area (TPSA) is 87.6 Å². The normalized spacial score (nSPS) is 16.5. The van der Waals surface area contributed by atoms with Crippen LogP contribution in [0.2, 0.25) is 0 Å². The molecule has 0 spiro atoms. The molecule has 1 aliphatic rings. The van der Waals surface area contributed by atoms with Gasteiger partial charge in [-0.25, -0.2) is 8.42 Å². The van der Waals surface area contributed by atoms with Crippen LogP contribution in [0.4, 0.5) is 0 Å². The van der Waals surface area contributed by atoms with Crippen molar-refractivity contribution in [3.8, 4) is 0 Å². The minimum Gasteiger partial charge on any atom is -0.343 e. The molecular formula is C23H23N3O3S2. The highest BCUT2D eigenvalue weighted by Gasteiger charge is 2.30. The molecule has 0 fully saturated rings. The number of thiophene rings is 1. The maximum absolute atomic E-state index is 12.7. The quantitative estimate of drug-likeness (QED) is 0.572. The molecule has 4 rings (SSSR count). The Hall–Kier alpha value is -2.97. The number of sulfonamides is 1. The predicted octanol–water partition coefficient (Wildman–Crippen LogP) is 3.64. The van der Waals surface area contributed by atoms with E-state index in [2.05, 4.69) is 34.1 Å².